The maximum absolute atomic E-state index is 12.4. The normalized spacial score (nSPS) is 15.6. The van der Waals surface area contributed by atoms with E-state index in [2.05, 4.69) is 5.32 Å². The Balaban J connectivity index is 1.57. The molecule has 1 N–H and O–H groups in total. The van der Waals surface area contributed by atoms with Gasteiger partial charge in [-0.2, -0.15) is 0 Å². The van der Waals surface area contributed by atoms with Crippen LogP contribution in [0.2, 0.25) is 0 Å². The van der Waals surface area contributed by atoms with E-state index in [4.69, 9.17) is 0 Å². The maximum atomic E-state index is 12.4. The fourth-order valence-corrected chi connectivity index (χ4v) is 3.35. The Hall–Kier alpha value is -2.86. The van der Waals surface area contributed by atoms with Gasteiger partial charge in [-0.1, -0.05) is 48.0 Å². The Bertz CT molecular complexity index is 860. The number of nitrogens with zero attached hydrogens (tertiary/aromatic N) is 1. The SMILES string of the molecule is Cc1ccc(C(=O)NCCN2C(=O)SC(=Cc3ccccc3)C2=O)cc1. The van der Waals surface area contributed by atoms with Crippen LogP contribution in [-0.2, 0) is 4.79 Å². The monoisotopic (exact) mass is 366 g/mol. The van der Waals surface area contributed by atoms with E-state index >= 15 is 0 Å². The van der Waals surface area contributed by atoms with E-state index in [1.807, 2.05) is 49.4 Å². The Kier molecular flexibility index (Phi) is 5.53. The molecule has 132 valence electrons. The van der Waals surface area contributed by atoms with Crippen LogP contribution in [0.3, 0.4) is 0 Å². The third-order valence-electron chi connectivity index (χ3n) is 3.91. The van der Waals surface area contributed by atoms with E-state index in [1.54, 1.807) is 18.2 Å². The lowest BCUT2D eigenvalue weighted by Crippen LogP contribution is -2.37. The first-order chi connectivity index (χ1) is 12.5. The number of aryl methyl sites for hydroxylation is 1. The molecule has 6 heteroatoms. The molecule has 2 aromatic rings. The van der Waals surface area contributed by atoms with Gasteiger partial charge < -0.3 is 5.32 Å². The number of carbonyl (C=O) groups is 3. The average molecular weight is 366 g/mol. The minimum absolute atomic E-state index is 0.147. The molecule has 0 bridgehead atoms. The van der Waals surface area contributed by atoms with Gasteiger partial charge in [0.1, 0.15) is 0 Å². The first-order valence-corrected chi connectivity index (χ1v) is 9.01. The van der Waals surface area contributed by atoms with Crippen molar-refractivity contribution in [3.05, 3.63) is 76.2 Å². The van der Waals surface area contributed by atoms with Gasteiger partial charge in [-0.3, -0.25) is 19.3 Å². The number of amides is 3. The van der Waals surface area contributed by atoms with Crippen LogP contribution in [0.4, 0.5) is 4.79 Å². The molecular weight excluding hydrogens is 348 g/mol. The minimum Gasteiger partial charge on any atom is -0.350 e. The summed E-state index contributed by atoms with van der Waals surface area (Å²) >= 11 is 0.919. The van der Waals surface area contributed by atoms with Gasteiger partial charge in [0.05, 0.1) is 4.91 Å². The molecule has 0 atom stereocenters. The van der Waals surface area contributed by atoms with Gasteiger partial charge >= 0.3 is 0 Å². The van der Waals surface area contributed by atoms with Crippen molar-refractivity contribution >= 4 is 34.9 Å². The number of hydrogen-bond donors (Lipinski definition) is 1. The van der Waals surface area contributed by atoms with Crippen molar-refractivity contribution in [1.29, 1.82) is 0 Å². The zero-order chi connectivity index (χ0) is 18.5. The lowest BCUT2D eigenvalue weighted by molar-refractivity contribution is -0.122. The van der Waals surface area contributed by atoms with Gasteiger partial charge in [-0.05, 0) is 42.5 Å². The summed E-state index contributed by atoms with van der Waals surface area (Å²) in [5.74, 6) is -0.551. The molecule has 2 aromatic carbocycles. The number of hydrogen-bond acceptors (Lipinski definition) is 4. The first-order valence-electron chi connectivity index (χ1n) is 8.20. The van der Waals surface area contributed by atoms with Crippen LogP contribution in [0, 0.1) is 6.92 Å². The topological polar surface area (TPSA) is 66.5 Å². The third kappa shape index (κ3) is 4.21. The number of thioether (sulfide) groups is 1. The second-order valence-corrected chi connectivity index (χ2v) is 6.86. The van der Waals surface area contributed by atoms with Crippen LogP contribution in [0.25, 0.3) is 6.08 Å². The Morgan fingerprint density at radius 1 is 1.08 bits per heavy atom. The van der Waals surface area contributed by atoms with Crippen LogP contribution in [0.15, 0.2) is 59.5 Å². The molecule has 0 aromatic heterocycles. The minimum atomic E-state index is -0.326. The van der Waals surface area contributed by atoms with Gasteiger partial charge in [0.2, 0.25) is 0 Å². The second-order valence-electron chi connectivity index (χ2n) is 5.87. The van der Waals surface area contributed by atoms with Crippen molar-refractivity contribution in [2.24, 2.45) is 0 Å². The lowest BCUT2D eigenvalue weighted by Gasteiger charge is -2.13. The van der Waals surface area contributed by atoms with E-state index in [1.165, 1.54) is 0 Å². The van der Waals surface area contributed by atoms with E-state index < -0.39 is 0 Å². The summed E-state index contributed by atoms with van der Waals surface area (Å²) in [6.07, 6.45) is 1.70. The van der Waals surface area contributed by atoms with E-state index in [-0.39, 0.29) is 30.1 Å². The van der Waals surface area contributed by atoms with Crippen molar-refractivity contribution in [2.75, 3.05) is 13.1 Å². The molecule has 0 radical (unpaired) electrons. The number of benzene rings is 2. The highest BCUT2D eigenvalue weighted by Crippen LogP contribution is 2.31. The number of imide groups is 1. The zero-order valence-electron chi connectivity index (χ0n) is 14.3. The fourth-order valence-electron chi connectivity index (χ4n) is 2.48. The Morgan fingerprint density at radius 2 is 1.77 bits per heavy atom. The zero-order valence-corrected chi connectivity index (χ0v) is 15.1. The molecule has 3 rings (SSSR count). The predicted molar refractivity (Wildman–Crippen MR) is 103 cm³/mol. The largest absolute Gasteiger partial charge is 0.350 e. The van der Waals surface area contributed by atoms with Gasteiger partial charge in [0.25, 0.3) is 17.1 Å². The molecule has 5 nitrogen and oxygen atoms in total. The van der Waals surface area contributed by atoms with Crippen LogP contribution in [0.5, 0.6) is 0 Å². The molecule has 3 amide bonds. The molecule has 1 saturated heterocycles. The van der Waals surface area contributed by atoms with E-state index in [0.29, 0.717) is 10.5 Å². The Morgan fingerprint density at radius 3 is 2.46 bits per heavy atom. The van der Waals surface area contributed by atoms with Gasteiger partial charge in [-0.15, -0.1) is 0 Å². The summed E-state index contributed by atoms with van der Waals surface area (Å²) in [7, 11) is 0. The van der Waals surface area contributed by atoms with Crippen LogP contribution >= 0.6 is 11.8 Å². The first kappa shape index (κ1) is 17.9. The summed E-state index contributed by atoms with van der Waals surface area (Å²) in [6, 6.07) is 16.6. The highest BCUT2D eigenvalue weighted by Gasteiger charge is 2.34. The molecule has 1 heterocycles. The molecule has 0 saturated carbocycles. The average Bonchev–Trinajstić information content (AvgIpc) is 2.90. The summed E-state index contributed by atoms with van der Waals surface area (Å²) in [6.45, 7) is 2.31. The number of nitrogens with one attached hydrogen (secondary N) is 1. The lowest BCUT2D eigenvalue weighted by atomic mass is 10.1. The highest BCUT2D eigenvalue weighted by atomic mass is 32.2. The number of rotatable bonds is 5. The standard InChI is InChI=1S/C20H18N2O3S/c1-14-7-9-16(10-8-14)18(23)21-11-12-22-19(24)17(26-20(22)25)13-15-5-3-2-4-6-15/h2-10,13H,11-12H2,1H3,(H,21,23). The summed E-state index contributed by atoms with van der Waals surface area (Å²) < 4.78 is 0. The van der Waals surface area contributed by atoms with Crippen molar-refractivity contribution in [3.63, 3.8) is 0 Å². The maximum Gasteiger partial charge on any atom is 0.293 e. The fraction of sp³-hybridized carbons (Fsp3) is 0.150. The highest BCUT2D eigenvalue weighted by molar-refractivity contribution is 8.18. The molecule has 0 aliphatic carbocycles. The summed E-state index contributed by atoms with van der Waals surface area (Å²) in [5.41, 5.74) is 2.49. The van der Waals surface area contributed by atoms with Crippen molar-refractivity contribution in [1.82, 2.24) is 10.2 Å². The molecule has 0 spiro atoms. The van der Waals surface area contributed by atoms with Crippen molar-refractivity contribution in [3.8, 4) is 0 Å². The van der Waals surface area contributed by atoms with E-state index in [0.717, 1.165) is 27.8 Å². The molecule has 1 fully saturated rings. The molecule has 1 aliphatic heterocycles. The predicted octanol–water partition coefficient (Wildman–Crippen LogP) is 3.46. The van der Waals surface area contributed by atoms with Crippen LogP contribution in [0.1, 0.15) is 21.5 Å². The van der Waals surface area contributed by atoms with Crippen molar-refractivity contribution in [2.45, 2.75) is 6.92 Å². The summed E-state index contributed by atoms with van der Waals surface area (Å²) in [4.78, 5) is 38.1. The quantitative estimate of drug-likeness (QED) is 0.823. The number of carbonyl (C=O) groups excluding carboxylic acids is 3. The molecule has 0 unspecified atom stereocenters. The van der Waals surface area contributed by atoms with Crippen molar-refractivity contribution < 1.29 is 14.4 Å². The van der Waals surface area contributed by atoms with Gasteiger partial charge in [-0.25, -0.2) is 0 Å². The Labute approximate surface area is 156 Å². The smallest absolute Gasteiger partial charge is 0.293 e. The third-order valence-corrected chi connectivity index (χ3v) is 4.81. The van der Waals surface area contributed by atoms with Gasteiger partial charge in [0, 0.05) is 18.7 Å². The molecule has 26 heavy (non-hydrogen) atoms. The van der Waals surface area contributed by atoms with E-state index in [9.17, 15) is 14.4 Å². The van der Waals surface area contributed by atoms with Gasteiger partial charge in [0.15, 0.2) is 0 Å². The second kappa shape index (κ2) is 8.01. The van der Waals surface area contributed by atoms with Crippen LogP contribution < -0.4 is 5.32 Å². The van der Waals surface area contributed by atoms with Crippen LogP contribution in [-0.4, -0.2) is 35.0 Å². The molecule has 1 aliphatic rings. The summed E-state index contributed by atoms with van der Waals surface area (Å²) in [5, 5.41) is 2.42. The molecular formula is C20H18N2O3S.